The molecule has 1 amide bonds. The van der Waals surface area contributed by atoms with Crippen LogP contribution in [0.3, 0.4) is 0 Å². The first-order valence-electron chi connectivity index (χ1n) is 12.3. The number of aromatic nitrogens is 2. The van der Waals surface area contributed by atoms with Crippen molar-refractivity contribution in [3.05, 3.63) is 71.8 Å². The monoisotopic (exact) mass is 636 g/mol. The number of carboxylic acid groups (broad SMARTS) is 1. The molecule has 1 aliphatic heterocycles. The average Bonchev–Trinajstić information content (AvgIpc) is 3.35. The molecule has 1 aliphatic rings. The molecule has 1 aromatic heterocycles. The fourth-order valence-electron chi connectivity index (χ4n) is 4.90. The van der Waals surface area contributed by atoms with E-state index in [0.29, 0.717) is 23.6 Å². The van der Waals surface area contributed by atoms with Crippen LogP contribution in [0.1, 0.15) is 30.0 Å². The van der Waals surface area contributed by atoms with Crippen LogP contribution in [-0.2, 0) is 29.1 Å². The lowest BCUT2D eigenvalue weighted by Gasteiger charge is -2.24. The molecule has 1 fully saturated rings. The van der Waals surface area contributed by atoms with Crippen LogP contribution in [-0.4, -0.2) is 70.9 Å². The summed E-state index contributed by atoms with van der Waals surface area (Å²) >= 11 is 12.4. The number of halogens is 5. The number of likely N-dealkylation sites (tertiary alicyclic amines) is 1. The maximum atomic E-state index is 14.2. The zero-order valence-corrected chi connectivity index (χ0v) is 24.1. The number of likely N-dealkylation sites (N-methyl/N-ethyl adjacent to an activating group) is 1. The molecule has 1 unspecified atom stereocenters. The van der Waals surface area contributed by atoms with Crippen LogP contribution < -0.4 is 11.2 Å². The first-order chi connectivity index (χ1) is 19.0. The van der Waals surface area contributed by atoms with Gasteiger partial charge in [-0.05, 0) is 41.8 Å². The highest BCUT2D eigenvalue weighted by Gasteiger charge is 2.37. The number of hydrogen-bond donors (Lipinski definition) is 2. The van der Waals surface area contributed by atoms with E-state index in [9.17, 15) is 41.1 Å². The summed E-state index contributed by atoms with van der Waals surface area (Å²) < 4.78 is 68.5. The van der Waals surface area contributed by atoms with Gasteiger partial charge in [-0.2, -0.15) is 13.2 Å². The molecule has 2 N–H and O–H groups in total. The molecule has 3 aromatic rings. The number of aromatic amines is 1. The molecule has 16 heteroatoms. The van der Waals surface area contributed by atoms with E-state index >= 15 is 0 Å². The molecular weight excluding hydrogens is 612 g/mol. The Balaban J connectivity index is 1.83. The van der Waals surface area contributed by atoms with E-state index in [0.717, 1.165) is 4.90 Å². The molecule has 0 aliphatic carbocycles. The van der Waals surface area contributed by atoms with Gasteiger partial charge in [0.2, 0.25) is 0 Å². The standard InChI is InChI=1S/C25H25Cl2F3N4O6S/c1-3-41(39,40)19-5-4-14(26)8-13(19)10-34-22(35)16-9-18(25(28,29)30)17(20(27)21(16)31-23(34)36)12-33-7-6-15(11-33)32(2)24(37)38/h4-5,8-9,15H,3,6-7,10-12H2,1-2H3,(H,31,36)(H,37,38). The van der Waals surface area contributed by atoms with Gasteiger partial charge in [-0.1, -0.05) is 30.1 Å². The van der Waals surface area contributed by atoms with Gasteiger partial charge in [-0.15, -0.1) is 0 Å². The fourth-order valence-corrected chi connectivity index (χ4v) is 6.51. The van der Waals surface area contributed by atoms with Crippen LogP contribution in [0.5, 0.6) is 0 Å². The number of sulfone groups is 1. The molecule has 0 radical (unpaired) electrons. The van der Waals surface area contributed by atoms with Crippen molar-refractivity contribution in [3.8, 4) is 0 Å². The maximum absolute atomic E-state index is 14.2. The molecule has 0 saturated carbocycles. The van der Waals surface area contributed by atoms with Crippen molar-refractivity contribution in [2.45, 2.75) is 43.5 Å². The molecule has 1 atom stereocenters. The van der Waals surface area contributed by atoms with E-state index in [2.05, 4.69) is 4.98 Å². The van der Waals surface area contributed by atoms with Crippen molar-refractivity contribution in [1.29, 1.82) is 0 Å². The minimum absolute atomic E-state index is 0.0139. The van der Waals surface area contributed by atoms with Gasteiger partial charge < -0.3 is 15.0 Å². The SMILES string of the molecule is CCS(=O)(=O)c1ccc(Cl)cc1Cn1c(=O)[nH]c2c(Cl)c(CN3CCC(N(C)C(=O)O)C3)c(C(F)(F)F)cc2c1=O. The van der Waals surface area contributed by atoms with E-state index < -0.39 is 61.9 Å². The maximum Gasteiger partial charge on any atom is 0.416 e. The van der Waals surface area contributed by atoms with E-state index in [1.807, 2.05) is 0 Å². The van der Waals surface area contributed by atoms with Gasteiger partial charge >= 0.3 is 18.0 Å². The number of fused-ring (bicyclic) bond motifs is 1. The number of amides is 1. The van der Waals surface area contributed by atoms with Gasteiger partial charge in [0.05, 0.1) is 38.7 Å². The Kier molecular flexibility index (Phi) is 8.52. The third-order valence-electron chi connectivity index (χ3n) is 7.17. The number of nitrogens with zero attached hydrogens (tertiary/aromatic N) is 3. The highest BCUT2D eigenvalue weighted by Crippen LogP contribution is 2.39. The average molecular weight is 637 g/mol. The Morgan fingerprint density at radius 1 is 1.20 bits per heavy atom. The fraction of sp³-hybridized carbons (Fsp3) is 0.400. The third-order valence-corrected chi connectivity index (χ3v) is 9.65. The van der Waals surface area contributed by atoms with Crippen LogP contribution in [0.4, 0.5) is 18.0 Å². The van der Waals surface area contributed by atoms with Crippen LogP contribution in [0.15, 0.2) is 38.8 Å². The van der Waals surface area contributed by atoms with Crippen molar-refractivity contribution >= 4 is 50.0 Å². The minimum atomic E-state index is -4.92. The number of rotatable bonds is 7. The quantitative estimate of drug-likeness (QED) is 0.400. The number of nitrogens with one attached hydrogen (secondary N) is 1. The Labute approximate surface area is 241 Å². The first kappa shape index (κ1) is 30.9. The highest BCUT2D eigenvalue weighted by molar-refractivity contribution is 7.91. The minimum Gasteiger partial charge on any atom is -0.465 e. The molecule has 0 spiro atoms. The topological polar surface area (TPSA) is 133 Å². The molecule has 1 saturated heterocycles. The van der Waals surface area contributed by atoms with Crippen LogP contribution in [0.25, 0.3) is 10.9 Å². The van der Waals surface area contributed by atoms with Gasteiger partial charge in [0.15, 0.2) is 9.84 Å². The van der Waals surface area contributed by atoms with Crippen molar-refractivity contribution in [1.82, 2.24) is 19.4 Å². The summed E-state index contributed by atoms with van der Waals surface area (Å²) in [5.41, 5.74) is -3.96. The normalized spacial score (nSPS) is 16.4. The predicted octanol–water partition coefficient (Wildman–Crippen LogP) is 4.04. The zero-order valence-electron chi connectivity index (χ0n) is 21.8. The second-order valence-electron chi connectivity index (χ2n) is 9.68. The number of benzene rings is 2. The molecule has 0 bridgehead atoms. The van der Waals surface area contributed by atoms with Crippen LogP contribution in [0.2, 0.25) is 10.0 Å². The summed E-state index contributed by atoms with van der Waals surface area (Å²) in [6.45, 7) is 0.989. The van der Waals surface area contributed by atoms with Gasteiger partial charge in [-0.25, -0.2) is 18.0 Å². The lowest BCUT2D eigenvalue weighted by atomic mass is 10.0. The van der Waals surface area contributed by atoms with Crippen molar-refractivity contribution in [3.63, 3.8) is 0 Å². The second kappa shape index (κ2) is 11.3. The summed E-state index contributed by atoms with van der Waals surface area (Å²) in [5, 5.41) is 8.36. The predicted molar refractivity (Wildman–Crippen MR) is 147 cm³/mol. The zero-order chi connectivity index (χ0) is 30.4. The second-order valence-corrected chi connectivity index (χ2v) is 12.7. The van der Waals surface area contributed by atoms with Crippen LogP contribution in [0, 0.1) is 0 Å². The Hall–Kier alpha value is -3.07. The Morgan fingerprint density at radius 2 is 1.88 bits per heavy atom. The number of hydrogen-bond acceptors (Lipinski definition) is 6. The number of carbonyl (C=O) groups is 1. The van der Waals surface area contributed by atoms with E-state index in [1.165, 1.54) is 32.2 Å². The summed E-state index contributed by atoms with van der Waals surface area (Å²) in [7, 11) is -2.42. The summed E-state index contributed by atoms with van der Waals surface area (Å²) in [6, 6.07) is 4.02. The lowest BCUT2D eigenvalue weighted by Crippen LogP contribution is -2.38. The van der Waals surface area contributed by atoms with Crippen LogP contribution >= 0.6 is 23.2 Å². The first-order valence-corrected chi connectivity index (χ1v) is 14.7. The van der Waals surface area contributed by atoms with E-state index in [4.69, 9.17) is 23.2 Å². The largest absolute Gasteiger partial charge is 0.465 e. The van der Waals surface area contributed by atoms with E-state index in [-0.39, 0.29) is 45.4 Å². The molecular formula is C25H25Cl2F3N4O6S. The summed E-state index contributed by atoms with van der Waals surface area (Å²) in [4.78, 5) is 42.6. The van der Waals surface area contributed by atoms with Gasteiger partial charge in [-0.3, -0.25) is 14.3 Å². The molecule has 4 rings (SSSR count). The summed E-state index contributed by atoms with van der Waals surface area (Å²) in [6.07, 6.45) is -5.69. The van der Waals surface area contributed by atoms with Gasteiger partial charge in [0, 0.05) is 37.7 Å². The smallest absolute Gasteiger partial charge is 0.416 e. The molecule has 2 heterocycles. The van der Waals surface area contributed by atoms with Crippen molar-refractivity contribution < 1.29 is 31.5 Å². The number of alkyl halides is 3. The Morgan fingerprint density at radius 3 is 2.49 bits per heavy atom. The van der Waals surface area contributed by atoms with Gasteiger partial charge in [0.1, 0.15) is 0 Å². The molecule has 41 heavy (non-hydrogen) atoms. The molecule has 222 valence electrons. The molecule has 2 aromatic carbocycles. The third kappa shape index (κ3) is 6.10. The van der Waals surface area contributed by atoms with Gasteiger partial charge in [0.25, 0.3) is 5.56 Å². The molecule has 10 nitrogen and oxygen atoms in total. The highest BCUT2D eigenvalue weighted by atomic mass is 35.5. The Bertz CT molecular complexity index is 1760. The summed E-state index contributed by atoms with van der Waals surface area (Å²) in [5.74, 6) is -0.276. The van der Waals surface area contributed by atoms with E-state index in [1.54, 1.807) is 4.90 Å². The lowest BCUT2D eigenvalue weighted by molar-refractivity contribution is -0.138. The van der Waals surface area contributed by atoms with Crippen molar-refractivity contribution in [2.75, 3.05) is 25.9 Å². The van der Waals surface area contributed by atoms with Crippen molar-refractivity contribution in [2.24, 2.45) is 0 Å². The number of H-pyrrole nitrogens is 1.